The SMILES string of the molecule is CCCCCCCCCCCCCCCCSc1nc2c(c(=O)[nH]c(=O)n2C)n1CCC. The van der Waals surface area contributed by atoms with E-state index in [0.29, 0.717) is 11.2 Å². The highest BCUT2D eigenvalue weighted by Crippen LogP contribution is 2.23. The van der Waals surface area contributed by atoms with Gasteiger partial charge in [0.05, 0.1) is 0 Å². The highest BCUT2D eigenvalue weighted by molar-refractivity contribution is 7.99. The first-order valence-electron chi connectivity index (χ1n) is 12.9. The Hall–Kier alpha value is -1.50. The summed E-state index contributed by atoms with van der Waals surface area (Å²) in [6.07, 6.45) is 20.0. The summed E-state index contributed by atoms with van der Waals surface area (Å²) in [5, 5.41) is 0.850. The molecule has 2 aromatic heterocycles. The molecule has 0 spiro atoms. The molecule has 0 aliphatic heterocycles. The Kier molecular flexibility index (Phi) is 12.8. The Morgan fingerprint density at radius 2 is 1.31 bits per heavy atom. The maximum absolute atomic E-state index is 12.3. The lowest BCUT2D eigenvalue weighted by Crippen LogP contribution is -2.29. The highest BCUT2D eigenvalue weighted by atomic mass is 32.2. The summed E-state index contributed by atoms with van der Waals surface area (Å²) in [7, 11) is 1.66. The van der Waals surface area contributed by atoms with Crippen molar-refractivity contribution in [3.8, 4) is 0 Å². The molecule has 2 heterocycles. The van der Waals surface area contributed by atoms with Crippen molar-refractivity contribution in [2.24, 2.45) is 7.05 Å². The summed E-state index contributed by atoms with van der Waals surface area (Å²) in [6.45, 7) is 5.10. The number of thioether (sulfide) groups is 1. The lowest BCUT2D eigenvalue weighted by atomic mass is 10.0. The van der Waals surface area contributed by atoms with Crippen molar-refractivity contribution >= 4 is 22.9 Å². The number of fused-ring (bicyclic) bond motifs is 1. The minimum absolute atomic E-state index is 0.340. The van der Waals surface area contributed by atoms with Gasteiger partial charge in [-0.2, -0.15) is 0 Å². The Labute approximate surface area is 197 Å². The van der Waals surface area contributed by atoms with E-state index in [0.717, 1.165) is 30.3 Å². The Balaban J connectivity index is 1.62. The number of unbranched alkanes of at least 4 members (excludes halogenated alkanes) is 13. The molecule has 182 valence electrons. The van der Waals surface area contributed by atoms with Crippen molar-refractivity contribution in [1.82, 2.24) is 19.1 Å². The van der Waals surface area contributed by atoms with Crippen molar-refractivity contribution in [3.63, 3.8) is 0 Å². The van der Waals surface area contributed by atoms with Gasteiger partial charge in [0.15, 0.2) is 16.3 Å². The zero-order chi connectivity index (χ0) is 23.2. The van der Waals surface area contributed by atoms with Crippen LogP contribution >= 0.6 is 11.8 Å². The van der Waals surface area contributed by atoms with Crippen LogP contribution in [0.1, 0.15) is 110 Å². The number of hydrogen-bond donors (Lipinski definition) is 1. The second kappa shape index (κ2) is 15.4. The van der Waals surface area contributed by atoms with Gasteiger partial charge >= 0.3 is 5.69 Å². The van der Waals surface area contributed by atoms with E-state index in [1.165, 1.54) is 88.0 Å². The average molecular weight is 465 g/mol. The predicted molar refractivity (Wildman–Crippen MR) is 137 cm³/mol. The number of aromatic amines is 1. The zero-order valence-corrected chi connectivity index (χ0v) is 21.4. The number of hydrogen-bond acceptors (Lipinski definition) is 4. The summed E-state index contributed by atoms with van der Waals surface area (Å²) in [4.78, 5) is 31.2. The van der Waals surface area contributed by atoms with Gasteiger partial charge in [0.25, 0.3) is 5.56 Å². The molecular weight excluding hydrogens is 420 g/mol. The van der Waals surface area contributed by atoms with Gasteiger partial charge in [-0.05, 0) is 12.8 Å². The molecule has 0 radical (unpaired) electrons. The van der Waals surface area contributed by atoms with Gasteiger partial charge in [-0.3, -0.25) is 14.3 Å². The second-order valence-corrected chi connectivity index (χ2v) is 10.0. The number of imidazole rings is 1. The first-order valence-corrected chi connectivity index (χ1v) is 13.9. The van der Waals surface area contributed by atoms with Gasteiger partial charge in [-0.15, -0.1) is 0 Å². The molecule has 0 saturated heterocycles. The molecular formula is C25H44N4O2S. The van der Waals surface area contributed by atoms with Crippen molar-refractivity contribution < 1.29 is 0 Å². The van der Waals surface area contributed by atoms with Gasteiger partial charge in [-0.25, -0.2) is 9.78 Å². The van der Waals surface area contributed by atoms with E-state index >= 15 is 0 Å². The standard InChI is InChI=1S/C25H44N4O2S/c1-4-6-7-8-9-10-11-12-13-14-15-16-17-18-20-32-25-26-22-21(29(25)19-5-2)23(30)27-24(31)28(22)3/h4-20H2,1-3H3,(H,27,30,31). The van der Waals surface area contributed by atoms with E-state index in [1.807, 2.05) is 4.57 Å². The van der Waals surface area contributed by atoms with E-state index in [-0.39, 0.29) is 5.56 Å². The zero-order valence-electron chi connectivity index (χ0n) is 20.6. The third-order valence-electron chi connectivity index (χ3n) is 6.15. The summed E-state index contributed by atoms with van der Waals surface area (Å²) in [5.74, 6) is 0.997. The Morgan fingerprint density at radius 3 is 1.84 bits per heavy atom. The van der Waals surface area contributed by atoms with Gasteiger partial charge in [0.2, 0.25) is 0 Å². The average Bonchev–Trinajstić information content (AvgIpc) is 3.14. The van der Waals surface area contributed by atoms with Gasteiger partial charge in [-0.1, -0.05) is 109 Å². The molecule has 2 aromatic rings. The molecule has 7 heteroatoms. The predicted octanol–water partition coefficient (Wildman–Crippen LogP) is 6.41. The number of aromatic nitrogens is 4. The largest absolute Gasteiger partial charge is 0.329 e. The fraction of sp³-hybridized carbons (Fsp3) is 0.800. The quantitative estimate of drug-likeness (QED) is 0.204. The van der Waals surface area contributed by atoms with Crippen LogP contribution in [0.3, 0.4) is 0 Å². The maximum atomic E-state index is 12.3. The van der Waals surface area contributed by atoms with Crippen LogP contribution < -0.4 is 11.2 Å². The fourth-order valence-electron chi connectivity index (χ4n) is 4.22. The van der Waals surface area contributed by atoms with Crippen LogP contribution in [0.25, 0.3) is 11.2 Å². The summed E-state index contributed by atoms with van der Waals surface area (Å²) in [6, 6.07) is 0. The Morgan fingerprint density at radius 1 is 0.781 bits per heavy atom. The minimum Gasteiger partial charge on any atom is -0.313 e. The van der Waals surface area contributed by atoms with E-state index < -0.39 is 5.69 Å². The molecule has 32 heavy (non-hydrogen) atoms. The highest BCUT2D eigenvalue weighted by Gasteiger charge is 2.16. The number of rotatable bonds is 18. The van der Waals surface area contributed by atoms with Crippen LogP contribution in [0.15, 0.2) is 14.7 Å². The van der Waals surface area contributed by atoms with Gasteiger partial charge in [0, 0.05) is 19.3 Å². The molecule has 0 saturated carbocycles. The lowest BCUT2D eigenvalue weighted by molar-refractivity contribution is 0.538. The van der Waals surface area contributed by atoms with Gasteiger partial charge in [0.1, 0.15) is 0 Å². The fourth-order valence-corrected chi connectivity index (χ4v) is 5.24. The van der Waals surface area contributed by atoms with Crippen molar-refractivity contribution in [3.05, 3.63) is 20.8 Å². The molecule has 0 amide bonds. The third-order valence-corrected chi connectivity index (χ3v) is 7.21. The lowest BCUT2D eigenvalue weighted by Gasteiger charge is -2.07. The first kappa shape index (κ1) is 26.7. The minimum atomic E-state index is -0.410. The molecule has 2 rings (SSSR count). The molecule has 0 atom stereocenters. The second-order valence-electron chi connectivity index (χ2n) is 8.98. The van der Waals surface area contributed by atoms with Crippen molar-refractivity contribution in [1.29, 1.82) is 0 Å². The maximum Gasteiger partial charge on any atom is 0.329 e. The van der Waals surface area contributed by atoms with E-state index in [1.54, 1.807) is 18.8 Å². The molecule has 0 aromatic carbocycles. The molecule has 0 unspecified atom stereocenters. The van der Waals surface area contributed by atoms with E-state index in [4.69, 9.17) is 0 Å². The summed E-state index contributed by atoms with van der Waals surface area (Å²) < 4.78 is 3.40. The molecule has 0 aliphatic carbocycles. The third kappa shape index (κ3) is 8.45. The first-order chi connectivity index (χ1) is 15.6. The number of nitrogens with zero attached hydrogens (tertiary/aromatic N) is 3. The van der Waals surface area contributed by atoms with Crippen molar-refractivity contribution in [2.45, 2.75) is 122 Å². The normalized spacial score (nSPS) is 11.6. The monoisotopic (exact) mass is 464 g/mol. The topological polar surface area (TPSA) is 72.7 Å². The van der Waals surface area contributed by atoms with Crippen LogP contribution in [-0.2, 0) is 13.6 Å². The smallest absolute Gasteiger partial charge is 0.313 e. The van der Waals surface area contributed by atoms with Crippen LogP contribution in [0.4, 0.5) is 0 Å². The number of aryl methyl sites for hydroxylation is 2. The van der Waals surface area contributed by atoms with Crippen LogP contribution in [0.2, 0.25) is 0 Å². The molecule has 6 nitrogen and oxygen atoms in total. The van der Waals surface area contributed by atoms with Crippen LogP contribution in [0.5, 0.6) is 0 Å². The summed E-state index contributed by atoms with van der Waals surface area (Å²) >= 11 is 1.70. The molecule has 0 bridgehead atoms. The molecule has 0 aliphatic rings. The van der Waals surface area contributed by atoms with E-state index in [2.05, 4.69) is 23.8 Å². The summed E-state index contributed by atoms with van der Waals surface area (Å²) in [5.41, 5.74) is 0.243. The van der Waals surface area contributed by atoms with E-state index in [9.17, 15) is 9.59 Å². The van der Waals surface area contributed by atoms with Gasteiger partial charge < -0.3 is 4.57 Å². The molecule has 1 N–H and O–H groups in total. The number of nitrogens with one attached hydrogen (secondary N) is 1. The molecule has 0 fully saturated rings. The number of H-pyrrole nitrogens is 1. The van der Waals surface area contributed by atoms with Crippen LogP contribution in [-0.4, -0.2) is 24.9 Å². The van der Waals surface area contributed by atoms with Crippen molar-refractivity contribution in [2.75, 3.05) is 5.75 Å². The van der Waals surface area contributed by atoms with Crippen LogP contribution in [0, 0.1) is 0 Å². The Bertz CT molecular complexity index is 900.